The van der Waals surface area contributed by atoms with Gasteiger partial charge in [-0.15, -0.1) is 0 Å². The normalized spacial score (nSPS) is 10.1. The Morgan fingerprint density at radius 1 is 1.29 bits per heavy atom. The van der Waals surface area contributed by atoms with E-state index in [4.69, 9.17) is 9.47 Å². The summed E-state index contributed by atoms with van der Waals surface area (Å²) in [5.74, 6) is 1.15. The molecule has 0 unspecified atom stereocenters. The molecule has 0 atom stereocenters. The maximum absolute atomic E-state index is 11.0. The summed E-state index contributed by atoms with van der Waals surface area (Å²) in [4.78, 5) is 11.0. The number of hydrogen-bond donors (Lipinski definition) is 0. The van der Waals surface area contributed by atoms with Crippen LogP contribution in [0, 0.1) is 0 Å². The van der Waals surface area contributed by atoms with E-state index in [-0.39, 0.29) is 0 Å². The maximum atomic E-state index is 11.0. The van der Waals surface area contributed by atoms with Gasteiger partial charge in [0.2, 0.25) is 0 Å². The fraction of sp³-hybridized carbons (Fsp3) is 0.462. The molecule has 0 aliphatic carbocycles. The fourth-order valence-corrected chi connectivity index (χ4v) is 1.87. The third-order valence-corrected chi connectivity index (χ3v) is 2.68. The summed E-state index contributed by atoms with van der Waals surface area (Å²) in [6.45, 7) is 5.13. The molecular weight excluding hydrogens is 284 g/mol. The van der Waals surface area contributed by atoms with Gasteiger partial charge in [0.25, 0.3) is 0 Å². The predicted molar refractivity (Wildman–Crippen MR) is 71.1 cm³/mol. The average molecular weight is 301 g/mol. The van der Waals surface area contributed by atoms with Gasteiger partial charge in [0.15, 0.2) is 17.8 Å². The summed E-state index contributed by atoms with van der Waals surface area (Å²) in [5.41, 5.74) is 0.513. The Morgan fingerprint density at radius 3 is 2.65 bits per heavy atom. The Bertz CT molecular complexity index is 377. The van der Waals surface area contributed by atoms with Crippen LogP contribution in [0.1, 0.15) is 37.0 Å². The van der Waals surface area contributed by atoms with Gasteiger partial charge in [-0.25, -0.2) is 0 Å². The van der Waals surface area contributed by atoms with Gasteiger partial charge in [-0.2, -0.15) is 0 Å². The van der Waals surface area contributed by atoms with Gasteiger partial charge < -0.3 is 9.47 Å². The first-order valence-electron chi connectivity index (χ1n) is 5.77. The van der Waals surface area contributed by atoms with Crippen LogP contribution < -0.4 is 9.47 Å². The number of carbonyl (C=O) groups is 1. The van der Waals surface area contributed by atoms with Gasteiger partial charge in [-0.05, 0) is 25.5 Å². The molecule has 3 nitrogen and oxygen atoms in total. The first-order chi connectivity index (χ1) is 8.22. The zero-order valence-electron chi connectivity index (χ0n) is 10.2. The molecule has 0 spiro atoms. The number of hydrogen-bond acceptors (Lipinski definition) is 3. The van der Waals surface area contributed by atoms with E-state index in [0.29, 0.717) is 30.3 Å². The first-order valence-corrected chi connectivity index (χ1v) is 6.56. The minimum Gasteiger partial charge on any atom is -0.490 e. The molecule has 0 aliphatic rings. The minimum absolute atomic E-state index is 0.513. The number of aldehydes is 1. The van der Waals surface area contributed by atoms with Crippen LogP contribution in [0.25, 0.3) is 0 Å². The Labute approximate surface area is 110 Å². The molecule has 94 valence electrons. The summed E-state index contributed by atoms with van der Waals surface area (Å²) in [6, 6.07) is 3.55. The van der Waals surface area contributed by atoms with Crippen LogP contribution in [0.4, 0.5) is 0 Å². The summed E-state index contributed by atoms with van der Waals surface area (Å²) in [6.07, 6.45) is 2.80. The van der Waals surface area contributed by atoms with Crippen LogP contribution in [0.5, 0.6) is 11.5 Å². The predicted octanol–water partition coefficient (Wildman–Crippen LogP) is 3.84. The highest BCUT2D eigenvalue weighted by Gasteiger charge is 2.12. The van der Waals surface area contributed by atoms with Gasteiger partial charge in [-0.3, -0.25) is 4.79 Å². The number of benzene rings is 1. The standard InChI is InChI=1S/C13H17BrO3/c1-3-5-6-17-13-10(9-15)7-11(14)8-12(13)16-4-2/h7-9H,3-6H2,1-2H3. The lowest BCUT2D eigenvalue weighted by molar-refractivity contribution is 0.111. The third kappa shape index (κ3) is 4.04. The maximum Gasteiger partial charge on any atom is 0.171 e. The van der Waals surface area contributed by atoms with Crippen LogP contribution in [-0.4, -0.2) is 19.5 Å². The van der Waals surface area contributed by atoms with E-state index >= 15 is 0 Å². The largest absolute Gasteiger partial charge is 0.490 e. The Balaban J connectivity index is 2.98. The van der Waals surface area contributed by atoms with Crippen LogP contribution in [0.15, 0.2) is 16.6 Å². The van der Waals surface area contributed by atoms with Gasteiger partial charge in [0.1, 0.15) is 0 Å². The quantitative estimate of drug-likeness (QED) is 0.567. The molecule has 0 amide bonds. The molecule has 1 aromatic carbocycles. The molecule has 0 heterocycles. The number of ether oxygens (including phenoxy) is 2. The number of carbonyl (C=O) groups excluding carboxylic acids is 1. The monoisotopic (exact) mass is 300 g/mol. The lowest BCUT2D eigenvalue weighted by Gasteiger charge is -2.14. The van der Waals surface area contributed by atoms with Crippen molar-refractivity contribution in [1.82, 2.24) is 0 Å². The second kappa shape index (κ2) is 7.33. The molecule has 0 radical (unpaired) electrons. The second-order valence-corrected chi connectivity index (χ2v) is 4.49. The summed E-state index contributed by atoms with van der Waals surface area (Å²) in [7, 11) is 0. The molecule has 1 rings (SSSR count). The van der Waals surface area contributed by atoms with Gasteiger partial charge in [0.05, 0.1) is 18.8 Å². The van der Waals surface area contributed by atoms with Crippen LogP contribution in [0.3, 0.4) is 0 Å². The van der Waals surface area contributed by atoms with E-state index in [1.54, 1.807) is 6.07 Å². The highest BCUT2D eigenvalue weighted by Crippen LogP contribution is 2.34. The Hall–Kier alpha value is -1.03. The van der Waals surface area contributed by atoms with Crippen LogP contribution >= 0.6 is 15.9 Å². The van der Waals surface area contributed by atoms with E-state index in [1.165, 1.54) is 0 Å². The molecule has 0 aromatic heterocycles. The molecule has 4 heteroatoms. The first kappa shape index (κ1) is 14.0. The highest BCUT2D eigenvalue weighted by molar-refractivity contribution is 9.10. The molecule has 0 aliphatic heterocycles. The van der Waals surface area contributed by atoms with E-state index in [2.05, 4.69) is 22.9 Å². The van der Waals surface area contributed by atoms with Crippen molar-refractivity contribution in [1.29, 1.82) is 0 Å². The number of rotatable bonds is 7. The minimum atomic E-state index is 0.513. The van der Waals surface area contributed by atoms with Crippen molar-refractivity contribution in [3.8, 4) is 11.5 Å². The number of halogens is 1. The summed E-state index contributed by atoms with van der Waals surface area (Å²) in [5, 5.41) is 0. The van der Waals surface area contributed by atoms with E-state index < -0.39 is 0 Å². The lowest BCUT2D eigenvalue weighted by atomic mass is 10.2. The Morgan fingerprint density at radius 2 is 2.06 bits per heavy atom. The molecule has 0 N–H and O–H groups in total. The Kier molecular flexibility index (Phi) is 6.05. The van der Waals surface area contributed by atoms with E-state index in [9.17, 15) is 4.79 Å². The summed E-state index contributed by atoms with van der Waals surface area (Å²) < 4.78 is 11.9. The topological polar surface area (TPSA) is 35.5 Å². The molecule has 0 saturated carbocycles. The van der Waals surface area contributed by atoms with Crippen molar-refractivity contribution in [2.24, 2.45) is 0 Å². The van der Waals surface area contributed by atoms with Gasteiger partial charge in [0, 0.05) is 4.47 Å². The van der Waals surface area contributed by atoms with Crippen molar-refractivity contribution in [3.05, 3.63) is 22.2 Å². The van der Waals surface area contributed by atoms with Crippen molar-refractivity contribution in [3.63, 3.8) is 0 Å². The zero-order valence-corrected chi connectivity index (χ0v) is 11.7. The fourth-order valence-electron chi connectivity index (χ4n) is 1.41. The average Bonchev–Trinajstić information content (AvgIpc) is 2.31. The molecule has 1 aromatic rings. The molecule has 17 heavy (non-hydrogen) atoms. The van der Waals surface area contributed by atoms with Gasteiger partial charge >= 0.3 is 0 Å². The van der Waals surface area contributed by atoms with Crippen molar-refractivity contribution in [2.75, 3.05) is 13.2 Å². The summed E-state index contributed by atoms with van der Waals surface area (Å²) >= 11 is 3.35. The van der Waals surface area contributed by atoms with Gasteiger partial charge in [-0.1, -0.05) is 29.3 Å². The van der Waals surface area contributed by atoms with Crippen LogP contribution in [-0.2, 0) is 0 Å². The SMILES string of the molecule is CCCCOc1c(C=O)cc(Br)cc1OCC. The van der Waals surface area contributed by atoms with E-state index in [1.807, 2.05) is 13.0 Å². The second-order valence-electron chi connectivity index (χ2n) is 3.58. The van der Waals surface area contributed by atoms with Crippen molar-refractivity contribution >= 4 is 22.2 Å². The molecule has 0 fully saturated rings. The van der Waals surface area contributed by atoms with Crippen molar-refractivity contribution < 1.29 is 14.3 Å². The molecular formula is C13H17BrO3. The smallest absolute Gasteiger partial charge is 0.171 e. The third-order valence-electron chi connectivity index (χ3n) is 2.22. The number of unbranched alkanes of at least 4 members (excludes halogenated alkanes) is 1. The molecule has 0 saturated heterocycles. The lowest BCUT2D eigenvalue weighted by Crippen LogP contribution is -2.03. The molecule has 0 bridgehead atoms. The highest BCUT2D eigenvalue weighted by atomic mass is 79.9. The van der Waals surface area contributed by atoms with E-state index in [0.717, 1.165) is 23.6 Å². The zero-order chi connectivity index (χ0) is 12.7. The van der Waals surface area contributed by atoms with Crippen molar-refractivity contribution in [2.45, 2.75) is 26.7 Å². The van der Waals surface area contributed by atoms with Crippen LogP contribution in [0.2, 0.25) is 0 Å².